The number of halogens is 2. The Bertz CT molecular complexity index is 1210. The highest BCUT2D eigenvalue weighted by molar-refractivity contribution is 6.09. The first-order chi connectivity index (χ1) is 16.7. The van der Waals surface area contributed by atoms with Crippen LogP contribution in [0, 0.1) is 11.3 Å². The average molecular weight is 482 g/mol. The van der Waals surface area contributed by atoms with Gasteiger partial charge in [-0.15, -0.1) is 0 Å². The van der Waals surface area contributed by atoms with E-state index in [9.17, 15) is 23.2 Å². The van der Waals surface area contributed by atoms with E-state index < -0.39 is 49.2 Å². The lowest BCUT2D eigenvalue weighted by Gasteiger charge is -2.27. The van der Waals surface area contributed by atoms with Crippen LogP contribution < -0.4 is 15.5 Å². The van der Waals surface area contributed by atoms with Gasteiger partial charge in [0, 0.05) is 37.5 Å². The summed E-state index contributed by atoms with van der Waals surface area (Å²) in [4.78, 5) is 44.8. The molecule has 1 aromatic heterocycles. The van der Waals surface area contributed by atoms with Crippen LogP contribution in [-0.4, -0.2) is 66.3 Å². The third-order valence-corrected chi connectivity index (χ3v) is 6.15. The summed E-state index contributed by atoms with van der Waals surface area (Å²) in [6, 6.07) is 7.24. The molecule has 1 atom stereocenters. The molecule has 35 heavy (non-hydrogen) atoms. The van der Waals surface area contributed by atoms with Crippen LogP contribution in [0.5, 0.6) is 0 Å². The van der Waals surface area contributed by atoms with E-state index >= 15 is 0 Å². The number of aryl methyl sites for hydroxylation is 1. The van der Waals surface area contributed by atoms with Crippen LogP contribution in [0.15, 0.2) is 36.7 Å². The fourth-order valence-corrected chi connectivity index (χ4v) is 4.36. The predicted octanol–water partition coefficient (Wildman–Crippen LogP) is 2.21. The molecule has 2 N–H and O–H groups in total. The van der Waals surface area contributed by atoms with Crippen LogP contribution in [-0.2, 0) is 11.2 Å². The number of benzene rings is 1. The van der Waals surface area contributed by atoms with Crippen LogP contribution in [0.1, 0.15) is 39.1 Å². The van der Waals surface area contributed by atoms with Crippen LogP contribution in [0.4, 0.5) is 20.2 Å². The van der Waals surface area contributed by atoms with E-state index in [2.05, 4.69) is 20.5 Å². The van der Waals surface area contributed by atoms with Crippen LogP contribution in [0.3, 0.4) is 0 Å². The Morgan fingerprint density at radius 1 is 1.26 bits per heavy atom. The molecule has 2 aliphatic heterocycles. The molecule has 4 rings (SSSR count). The molecule has 1 aromatic carbocycles. The third-order valence-electron chi connectivity index (χ3n) is 6.15. The molecule has 3 amide bonds. The van der Waals surface area contributed by atoms with E-state index in [0.29, 0.717) is 5.56 Å². The number of amides is 3. The second kappa shape index (κ2) is 9.66. The normalized spacial score (nSPS) is 18.4. The van der Waals surface area contributed by atoms with E-state index in [1.54, 1.807) is 12.1 Å². The number of fused-ring (bicyclic) bond motifs is 1. The van der Waals surface area contributed by atoms with Crippen molar-refractivity contribution in [3.05, 3.63) is 53.3 Å². The topological polar surface area (TPSA) is 118 Å². The van der Waals surface area contributed by atoms with E-state index in [1.165, 1.54) is 18.5 Å². The van der Waals surface area contributed by atoms with Crippen molar-refractivity contribution in [2.45, 2.75) is 31.2 Å². The van der Waals surface area contributed by atoms with Gasteiger partial charge in [0.1, 0.15) is 6.04 Å². The van der Waals surface area contributed by atoms with Crippen molar-refractivity contribution < 1.29 is 23.2 Å². The van der Waals surface area contributed by atoms with Crippen molar-refractivity contribution in [3.8, 4) is 6.07 Å². The molecule has 1 fully saturated rings. The minimum absolute atomic E-state index is 0.0578. The maximum absolute atomic E-state index is 13.6. The fourth-order valence-electron chi connectivity index (χ4n) is 4.36. The number of aromatic nitrogens is 1. The molecule has 2 aromatic rings. The summed E-state index contributed by atoms with van der Waals surface area (Å²) in [5, 5.41) is 14.1. The van der Waals surface area contributed by atoms with Gasteiger partial charge in [-0.2, -0.15) is 5.26 Å². The van der Waals surface area contributed by atoms with Crippen LogP contribution in [0.25, 0.3) is 0 Å². The molecule has 1 saturated heterocycles. The summed E-state index contributed by atoms with van der Waals surface area (Å²) < 4.78 is 27.2. The van der Waals surface area contributed by atoms with Gasteiger partial charge >= 0.3 is 0 Å². The summed E-state index contributed by atoms with van der Waals surface area (Å²) >= 11 is 0. The predicted molar refractivity (Wildman–Crippen MR) is 123 cm³/mol. The van der Waals surface area contributed by atoms with E-state index in [4.69, 9.17) is 5.26 Å². The number of rotatable bonds is 5. The van der Waals surface area contributed by atoms with Crippen molar-refractivity contribution in [1.29, 1.82) is 5.26 Å². The molecule has 0 radical (unpaired) electrons. The summed E-state index contributed by atoms with van der Waals surface area (Å²) in [7, 11) is 2.00. The van der Waals surface area contributed by atoms with E-state index in [0.717, 1.165) is 35.5 Å². The number of nitriles is 1. The molecule has 0 bridgehead atoms. The second-order valence-corrected chi connectivity index (χ2v) is 8.65. The number of hydrogen-bond donors (Lipinski definition) is 2. The SMILES string of the molecule is CN1CCCc2cc(C(=O)Nc3cnccc3C(=O)NCC(=O)N3CC(F)(F)CC3C#N)ccc21. The summed E-state index contributed by atoms with van der Waals surface area (Å²) in [6.07, 6.45) is 3.79. The van der Waals surface area contributed by atoms with Gasteiger partial charge in [0.15, 0.2) is 0 Å². The first-order valence-electron chi connectivity index (χ1n) is 11.1. The molecule has 0 saturated carbocycles. The smallest absolute Gasteiger partial charge is 0.268 e. The number of likely N-dealkylation sites (tertiary alicyclic amines) is 1. The highest BCUT2D eigenvalue weighted by Gasteiger charge is 2.47. The Labute approximate surface area is 200 Å². The number of pyridine rings is 1. The molecule has 9 nitrogen and oxygen atoms in total. The fraction of sp³-hybridized carbons (Fsp3) is 0.375. The zero-order valence-corrected chi connectivity index (χ0v) is 19.1. The minimum atomic E-state index is -3.14. The maximum Gasteiger partial charge on any atom is 0.268 e. The molecule has 0 aliphatic carbocycles. The minimum Gasteiger partial charge on any atom is -0.374 e. The van der Waals surface area contributed by atoms with Gasteiger partial charge in [-0.3, -0.25) is 19.4 Å². The van der Waals surface area contributed by atoms with Crippen molar-refractivity contribution in [2.75, 3.05) is 36.9 Å². The monoisotopic (exact) mass is 482 g/mol. The third kappa shape index (κ3) is 5.21. The van der Waals surface area contributed by atoms with Gasteiger partial charge < -0.3 is 20.4 Å². The summed E-state index contributed by atoms with van der Waals surface area (Å²) in [5.74, 6) is -5.05. The van der Waals surface area contributed by atoms with Gasteiger partial charge in [-0.1, -0.05) is 0 Å². The van der Waals surface area contributed by atoms with Crippen molar-refractivity contribution in [3.63, 3.8) is 0 Å². The maximum atomic E-state index is 13.6. The number of alkyl halides is 2. The lowest BCUT2D eigenvalue weighted by molar-refractivity contribution is -0.131. The Hall–Kier alpha value is -4.07. The number of hydrogen-bond acceptors (Lipinski definition) is 6. The van der Waals surface area contributed by atoms with Crippen LogP contribution >= 0.6 is 0 Å². The lowest BCUT2D eigenvalue weighted by atomic mass is 9.99. The Morgan fingerprint density at radius 2 is 2.06 bits per heavy atom. The Balaban J connectivity index is 1.43. The molecule has 11 heteroatoms. The van der Waals surface area contributed by atoms with Gasteiger partial charge in [0.2, 0.25) is 5.91 Å². The van der Waals surface area contributed by atoms with Gasteiger partial charge in [-0.25, -0.2) is 8.78 Å². The molecular weight excluding hydrogens is 458 g/mol. The largest absolute Gasteiger partial charge is 0.374 e. The van der Waals surface area contributed by atoms with Crippen LogP contribution in [0.2, 0.25) is 0 Å². The number of anilines is 2. The summed E-state index contributed by atoms with van der Waals surface area (Å²) in [6.45, 7) is -0.485. The Morgan fingerprint density at radius 3 is 2.83 bits per heavy atom. The van der Waals surface area contributed by atoms with Gasteiger partial charge in [0.25, 0.3) is 17.7 Å². The summed E-state index contributed by atoms with van der Waals surface area (Å²) in [5.41, 5.74) is 2.77. The Kier molecular flexibility index (Phi) is 6.64. The molecule has 1 unspecified atom stereocenters. The molecule has 0 spiro atoms. The van der Waals surface area contributed by atoms with Crippen molar-refractivity contribution in [1.82, 2.24) is 15.2 Å². The molecule has 2 aliphatic rings. The van der Waals surface area contributed by atoms with E-state index in [1.807, 2.05) is 19.2 Å². The highest BCUT2D eigenvalue weighted by Crippen LogP contribution is 2.31. The molecule has 3 heterocycles. The highest BCUT2D eigenvalue weighted by atomic mass is 19.3. The zero-order chi connectivity index (χ0) is 25.2. The van der Waals surface area contributed by atoms with Gasteiger partial charge in [0.05, 0.1) is 36.6 Å². The zero-order valence-electron chi connectivity index (χ0n) is 19.1. The molecular formula is C24H24F2N6O3. The number of carbonyl (C=O) groups is 3. The van der Waals surface area contributed by atoms with E-state index in [-0.39, 0.29) is 11.3 Å². The first kappa shape index (κ1) is 24.1. The van der Waals surface area contributed by atoms with Crippen molar-refractivity contribution in [2.24, 2.45) is 0 Å². The number of nitrogens with one attached hydrogen (secondary N) is 2. The standard InChI is InChI=1S/C24H24F2N6O3/c1-31-8-2-3-15-9-16(4-5-20(15)31)22(34)30-19-12-28-7-6-18(19)23(35)29-13-21(33)32-14-24(25,26)10-17(32)11-27/h4-7,9,12,17H,2-3,8,10,13-14H2,1H3,(H,29,35)(H,30,34). The van der Waals surface area contributed by atoms with Crippen molar-refractivity contribution >= 4 is 29.1 Å². The quantitative estimate of drug-likeness (QED) is 0.675. The molecule has 182 valence electrons. The number of nitrogens with zero attached hydrogens (tertiary/aromatic N) is 4. The van der Waals surface area contributed by atoms with Gasteiger partial charge in [-0.05, 0) is 42.7 Å². The number of carbonyl (C=O) groups excluding carboxylic acids is 3. The lowest BCUT2D eigenvalue weighted by Crippen LogP contribution is -2.43. The average Bonchev–Trinajstić information content (AvgIpc) is 3.17. The first-order valence-corrected chi connectivity index (χ1v) is 11.1. The second-order valence-electron chi connectivity index (χ2n) is 8.65.